The Kier molecular flexibility index (Phi) is 5.73. The first kappa shape index (κ1) is 19.4. The van der Waals surface area contributed by atoms with E-state index in [2.05, 4.69) is 10.2 Å². The summed E-state index contributed by atoms with van der Waals surface area (Å²) < 4.78 is 25.8. The molecule has 0 spiro atoms. The quantitative estimate of drug-likeness (QED) is 0.667. The molecule has 28 heavy (non-hydrogen) atoms. The van der Waals surface area contributed by atoms with Crippen LogP contribution in [0, 0.1) is 0 Å². The van der Waals surface area contributed by atoms with Crippen molar-refractivity contribution >= 4 is 27.5 Å². The molecule has 0 N–H and O–H groups in total. The van der Waals surface area contributed by atoms with Crippen LogP contribution in [-0.4, -0.2) is 63.3 Å². The van der Waals surface area contributed by atoms with Crippen molar-refractivity contribution in [2.45, 2.75) is 49.3 Å². The third-order valence-electron chi connectivity index (χ3n) is 5.48. The molecular weight excluding hydrogens is 396 g/mol. The normalized spacial score (nSPS) is 21.8. The van der Waals surface area contributed by atoms with Crippen LogP contribution in [0.5, 0.6) is 0 Å². The first-order valence-electron chi connectivity index (χ1n) is 9.63. The van der Waals surface area contributed by atoms with Crippen LogP contribution in [0.3, 0.4) is 0 Å². The van der Waals surface area contributed by atoms with E-state index in [-0.39, 0.29) is 35.2 Å². The monoisotopic (exact) mass is 420 g/mol. The summed E-state index contributed by atoms with van der Waals surface area (Å²) in [6.45, 7) is 0. The van der Waals surface area contributed by atoms with Gasteiger partial charge in [0.15, 0.2) is 15.0 Å². The van der Waals surface area contributed by atoms with Gasteiger partial charge in [0.2, 0.25) is 5.91 Å². The highest BCUT2D eigenvalue weighted by molar-refractivity contribution is 7.99. The fraction of sp³-hybridized carbons (Fsp3) is 0.526. The number of aromatic nitrogens is 3. The van der Waals surface area contributed by atoms with Crippen LogP contribution in [0.1, 0.15) is 32.1 Å². The topological polar surface area (TPSA) is 85.2 Å². The maximum atomic E-state index is 13.1. The lowest BCUT2D eigenvalue weighted by atomic mass is 10.1. The molecule has 1 aromatic heterocycles. The Morgan fingerprint density at radius 2 is 1.89 bits per heavy atom. The summed E-state index contributed by atoms with van der Waals surface area (Å²) in [7, 11) is -3.03. The summed E-state index contributed by atoms with van der Waals surface area (Å²) in [4.78, 5) is 15.0. The number of hydrogen-bond acceptors (Lipinski definition) is 6. The third kappa shape index (κ3) is 4.25. The predicted octanol–water partition coefficient (Wildman–Crippen LogP) is 2.32. The van der Waals surface area contributed by atoms with Crippen molar-refractivity contribution < 1.29 is 13.2 Å². The van der Waals surface area contributed by atoms with E-state index in [4.69, 9.17) is 0 Å². The van der Waals surface area contributed by atoms with Crippen LogP contribution in [0.25, 0.3) is 5.69 Å². The summed E-state index contributed by atoms with van der Waals surface area (Å²) in [6, 6.07) is 9.73. The Hall–Kier alpha value is -1.87. The molecule has 1 amide bonds. The Balaban J connectivity index is 1.48. The number of hydrogen-bond donors (Lipinski definition) is 0. The molecule has 0 radical (unpaired) electrons. The number of amides is 1. The number of thioether (sulfide) groups is 1. The predicted molar refractivity (Wildman–Crippen MR) is 108 cm³/mol. The standard InChI is InChI=1S/C19H24N4O3S2/c24-18(12-27-19-21-20-14-22(19)15-6-2-1-3-7-15)23(16-8-4-5-9-16)17-10-11-28(25,26)13-17/h1-3,6-7,14,16-17H,4-5,8-13H2. The summed E-state index contributed by atoms with van der Waals surface area (Å²) in [5.74, 6) is 0.518. The molecule has 1 saturated heterocycles. The fourth-order valence-electron chi connectivity index (χ4n) is 4.17. The lowest BCUT2D eigenvalue weighted by Gasteiger charge is -2.34. The highest BCUT2D eigenvalue weighted by Gasteiger charge is 2.38. The van der Waals surface area contributed by atoms with Gasteiger partial charge < -0.3 is 4.90 Å². The van der Waals surface area contributed by atoms with Crippen LogP contribution >= 0.6 is 11.8 Å². The molecule has 1 atom stereocenters. The van der Waals surface area contributed by atoms with Gasteiger partial charge in [0, 0.05) is 17.8 Å². The van der Waals surface area contributed by atoms with Crippen molar-refractivity contribution in [2.24, 2.45) is 0 Å². The van der Waals surface area contributed by atoms with Gasteiger partial charge in [-0.3, -0.25) is 9.36 Å². The molecule has 1 saturated carbocycles. The zero-order valence-electron chi connectivity index (χ0n) is 15.6. The van der Waals surface area contributed by atoms with Gasteiger partial charge in [0.1, 0.15) is 6.33 Å². The summed E-state index contributed by atoms with van der Waals surface area (Å²) in [5.41, 5.74) is 0.942. The highest BCUT2D eigenvalue weighted by Crippen LogP contribution is 2.30. The van der Waals surface area contributed by atoms with Crippen LogP contribution < -0.4 is 0 Å². The summed E-state index contributed by atoms with van der Waals surface area (Å²) in [5, 5.41) is 8.79. The number of sulfone groups is 1. The molecule has 1 unspecified atom stereocenters. The molecule has 2 aromatic rings. The van der Waals surface area contributed by atoms with E-state index in [1.54, 1.807) is 6.33 Å². The van der Waals surface area contributed by atoms with Gasteiger partial charge in [-0.1, -0.05) is 42.8 Å². The second-order valence-electron chi connectivity index (χ2n) is 7.40. The zero-order chi connectivity index (χ0) is 19.6. The Morgan fingerprint density at radius 1 is 1.14 bits per heavy atom. The average Bonchev–Trinajstić information content (AvgIpc) is 3.43. The molecule has 0 bridgehead atoms. The summed E-state index contributed by atoms with van der Waals surface area (Å²) in [6.07, 6.45) is 6.32. The van der Waals surface area contributed by atoms with Gasteiger partial charge in [-0.15, -0.1) is 10.2 Å². The van der Waals surface area contributed by atoms with Crippen molar-refractivity contribution in [1.82, 2.24) is 19.7 Å². The number of carbonyl (C=O) groups excluding carboxylic acids is 1. The van der Waals surface area contributed by atoms with Crippen molar-refractivity contribution in [3.05, 3.63) is 36.7 Å². The van der Waals surface area contributed by atoms with Gasteiger partial charge in [-0.25, -0.2) is 8.42 Å². The van der Waals surface area contributed by atoms with Crippen LogP contribution in [0.15, 0.2) is 41.8 Å². The minimum absolute atomic E-state index is 0.00149. The van der Waals surface area contributed by atoms with E-state index in [0.717, 1.165) is 31.4 Å². The van der Waals surface area contributed by atoms with E-state index in [9.17, 15) is 13.2 Å². The number of rotatable bonds is 6. The van der Waals surface area contributed by atoms with Crippen molar-refractivity contribution in [1.29, 1.82) is 0 Å². The third-order valence-corrected chi connectivity index (χ3v) is 8.16. The minimum atomic E-state index is -3.03. The smallest absolute Gasteiger partial charge is 0.233 e. The van der Waals surface area contributed by atoms with Crippen LogP contribution in [-0.2, 0) is 14.6 Å². The van der Waals surface area contributed by atoms with Gasteiger partial charge >= 0.3 is 0 Å². The molecule has 7 nitrogen and oxygen atoms in total. The Labute approximate surface area is 169 Å². The SMILES string of the molecule is O=C(CSc1nncn1-c1ccccc1)N(C1CCCC1)C1CCS(=O)(=O)C1. The molecule has 1 aliphatic heterocycles. The molecular formula is C19H24N4O3S2. The number of carbonyl (C=O) groups is 1. The van der Waals surface area contributed by atoms with Gasteiger partial charge in [-0.2, -0.15) is 0 Å². The van der Waals surface area contributed by atoms with E-state index in [1.165, 1.54) is 11.8 Å². The molecule has 2 fully saturated rings. The molecule has 1 aromatic carbocycles. The maximum Gasteiger partial charge on any atom is 0.233 e. The number of nitrogens with zero attached hydrogens (tertiary/aromatic N) is 4. The Bertz CT molecular complexity index is 924. The largest absolute Gasteiger partial charge is 0.335 e. The van der Waals surface area contributed by atoms with E-state index in [0.29, 0.717) is 11.6 Å². The minimum Gasteiger partial charge on any atom is -0.335 e. The van der Waals surface area contributed by atoms with E-state index < -0.39 is 9.84 Å². The Morgan fingerprint density at radius 3 is 2.57 bits per heavy atom. The highest BCUT2D eigenvalue weighted by atomic mass is 32.2. The summed E-state index contributed by atoms with van der Waals surface area (Å²) >= 11 is 1.35. The molecule has 2 heterocycles. The molecule has 4 rings (SSSR count). The fourth-order valence-corrected chi connectivity index (χ4v) is 6.68. The van der Waals surface area contributed by atoms with E-state index in [1.807, 2.05) is 39.8 Å². The molecule has 150 valence electrons. The zero-order valence-corrected chi connectivity index (χ0v) is 17.2. The van der Waals surface area contributed by atoms with Gasteiger partial charge in [-0.05, 0) is 31.4 Å². The first-order chi connectivity index (χ1) is 13.5. The first-order valence-corrected chi connectivity index (χ1v) is 12.4. The van der Waals surface area contributed by atoms with Crippen molar-refractivity contribution in [2.75, 3.05) is 17.3 Å². The molecule has 1 aliphatic carbocycles. The van der Waals surface area contributed by atoms with Crippen molar-refractivity contribution in [3.8, 4) is 5.69 Å². The van der Waals surface area contributed by atoms with Crippen LogP contribution in [0.4, 0.5) is 0 Å². The average molecular weight is 421 g/mol. The van der Waals surface area contributed by atoms with Gasteiger partial charge in [0.25, 0.3) is 0 Å². The second kappa shape index (κ2) is 8.24. The second-order valence-corrected chi connectivity index (χ2v) is 10.6. The van der Waals surface area contributed by atoms with Crippen molar-refractivity contribution in [3.63, 3.8) is 0 Å². The lowest BCUT2D eigenvalue weighted by Crippen LogP contribution is -2.47. The van der Waals surface area contributed by atoms with E-state index >= 15 is 0 Å². The number of benzene rings is 1. The lowest BCUT2D eigenvalue weighted by molar-refractivity contribution is -0.132. The maximum absolute atomic E-state index is 13.1. The molecule has 2 aliphatic rings. The van der Waals surface area contributed by atoms with Crippen LogP contribution in [0.2, 0.25) is 0 Å². The van der Waals surface area contributed by atoms with Gasteiger partial charge in [0.05, 0.1) is 17.3 Å². The number of para-hydroxylation sites is 1. The molecule has 9 heteroatoms.